The minimum atomic E-state index is -0.166. The predicted octanol–water partition coefficient (Wildman–Crippen LogP) is 2.81. The van der Waals surface area contributed by atoms with Gasteiger partial charge in [-0.1, -0.05) is 30.0 Å². The van der Waals surface area contributed by atoms with Gasteiger partial charge < -0.3 is 5.32 Å². The first-order valence-electron chi connectivity index (χ1n) is 5.36. The van der Waals surface area contributed by atoms with Crippen LogP contribution in [0.4, 0.5) is 5.13 Å². The summed E-state index contributed by atoms with van der Waals surface area (Å²) in [4.78, 5) is 16.1. The molecule has 0 spiro atoms. The van der Waals surface area contributed by atoms with E-state index in [1.165, 1.54) is 34.4 Å². The van der Waals surface area contributed by atoms with Gasteiger partial charge in [0.05, 0.1) is 5.25 Å². The van der Waals surface area contributed by atoms with Gasteiger partial charge in [-0.3, -0.25) is 4.79 Å². The Balaban J connectivity index is 1.97. The Hall–Kier alpha value is -0.990. The molecule has 0 saturated carbocycles. The molecule has 0 aliphatic heterocycles. The fourth-order valence-corrected chi connectivity index (χ4v) is 3.76. The van der Waals surface area contributed by atoms with Crippen molar-refractivity contribution in [1.82, 2.24) is 15.2 Å². The molecule has 1 atom stereocenters. The topological polar surface area (TPSA) is 67.8 Å². The Morgan fingerprint density at radius 3 is 2.94 bits per heavy atom. The Morgan fingerprint density at radius 2 is 2.39 bits per heavy atom. The van der Waals surface area contributed by atoms with E-state index in [0.717, 1.165) is 15.8 Å². The number of nitrogens with one attached hydrogen (secondary N) is 1. The lowest BCUT2D eigenvalue weighted by Crippen LogP contribution is -2.24. The standard InChI is InChI=1S/C10H12N4OS3/c1-3-7(18-10-14-13-6(2)17-10)8(15)12-9-11-4-5-16-9/h4-5,7H,3H2,1-2H3,(H,11,12,15)/t7-/m0/s1. The SMILES string of the molecule is CC[C@H](Sc1nnc(C)s1)C(=O)Nc1nccs1. The molecule has 0 bridgehead atoms. The summed E-state index contributed by atoms with van der Waals surface area (Å²) in [5.74, 6) is -0.0368. The van der Waals surface area contributed by atoms with Gasteiger partial charge in [0.25, 0.3) is 0 Å². The van der Waals surface area contributed by atoms with E-state index < -0.39 is 0 Å². The summed E-state index contributed by atoms with van der Waals surface area (Å²) in [6, 6.07) is 0. The van der Waals surface area contributed by atoms with Crippen LogP contribution in [-0.2, 0) is 4.79 Å². The summed E-state index contributed by atoms with van der Waals surface area (Å²) in [5, 5.41) is 14.0. The van der Waals surface area contributed by atoms with Gasteiger partial charge in [-0.2, -0.15) is 0 Å². The Bertz CT molecular complexity index is 511. The lowest BCUT2D eigenvalue weighted by Gasteiger charge is -2.11. The van der Waals surface area contributed by atoms with Crippen molar-refractivity contribution in [3.63, 3.8) is 0 Å². The minimum absolute atomic E-state index is 0.0368. The summed E-state index contributed by atoms with van der Waals surface area (Å²) < 4.78 is 0.827. The van der Waals surface area contributed by atoms with Gasteiger partial charge in [-0.25, -0.2) is 4.98 Å². The first-order valence-corrected chi connectivity index (χ1v) is 7.93. The molecule has 5 nitrogen and oxygen atoms in total. The number of carbonyl (C=O) groups excluding carboxylic acids is 1. The number of carbonyl (C=O) groups is 1. The number of rotatable bonds is 5. The second-order valence-corrected chi connectivity index (χ2v) is 6.95. The highest BCUT2D eigenvalue weighted by atomic mass is 32.2. The first-order chi connectivity index (χ1) is 8.69. The van der Waals surface area contributed by atoms with Crippen LogP contribution in [0.5, 0.6) is 0 Å². The lowest BCUT2D eigenvalue weighted by molar-refractivity contribution is -0.115. The van der Waals surface area contributed by atoms with Crippen LogP contribution in [-0.4, -0.2) is 26.3 Å². The highest BCUT2D eigenvalue weighted by Gasteiger charge is 2.20. The summed E-state index contributed by atoms with van der Waals surface area (Å²) in [5.41, 5.74) is 0. The molecule has 0 radical (unpaired) electrons. The molecule has 0 unspecified atom stereocenters. The van der Waals surface area contributed by atoms with Crippen LogP contribution in [0.15, 0.2) is 15.9 Å². The van der Waals surface area contributed by atoms with Crippen LogP contribution < -0.4 is 5.32 Å². The molecule has 0 fully saturated rings. The van der Waals surface area contributed by atoms with Crippen LogP contribution in [0.2, 0.25) is 0 Å². The average molecular weight is 300 g/mol. The lowest BCUT2D eigenvalue weighted by atomic mass is 10.3. The molecule has 96 valence electrons. The van der Waals surface area contributed by atoms with E-state index >= 15 is 0 Å². The second kappa shape index (κ2) is 6.26. The number of thiazole rings is 1. The molecule has 0 aliphatic rings. The van der Waals surface area contributed by atoms with E-state index in [1.54, 1.807) is 6.20 Å². The van der Waals surface area contributed by atoms with Crippen LogP contribution in [0.3, 0.4) is 0 Å². The predicted molar refractivity (Wildman–Crippen MR) is 75.3 cm³/mol. The van der Waals surface area contributed by atoms with Crippen molar-refractivity contribution in [3.05, 3.63) is 16.6 Å². The Kier molecular flexibility index (Phi) is 4.67. The quantitative estimate of drug-likeness (QED) is 0.860. The number of aromatic nitrogens is 3. The molecule has 2 rings (SSSR count). The number of amides is 1. The molecule has 1 N–H and O–H groups in total. The van der Waals surface area contributed by atoms with E-state index in [9.17, 15) is 4.79 Å². The maximum Gasteiger partial charge on any atom is 0.239 e. The highest BCUT2D eigenvalue weighted by molar-refractivity contribution is 8.02. The zero-order valence-corrected chi connectivity index (χ0v) is 12.4. The largest absolute Gasteiger partial charge is 0.301 e. The third kappa shape index (κ3) is 3.50. The van der Waals surface area contributed by atoms with Gasteiger partial charge in [0.1, 0.15) is 5.01 Å². The van der Waals surface area contributed by atoms with Crippen molar-refractivity contribution in [2.45, 2.75) is 29.9 Å². The molecular weight excluding hydrogens is 288 g/mol. The van der Waals surface area contributed by atoms with Crippen molar-refractivity contribution in [2.24, 2.45) is 0 Å². The van der Waals surface area contributed by atoms with Crippen LogP contribution in [0.1, 0.15) is 18.4 Å². The van der Waals surface area contributed by atoms with Crippen molar-refractivity contribution in [1.29, 1.82) is 0 Å². The maximum absolute atomic E-state index is 12.0. The van der Waals surface area contributed by atoms with Crippen molar-refractivity contribution in [2.75, 3.05) is 5.32 Å². The molecule has 1 amide bonds. The average Bonchev–Trinajstić information content (AvgIpc) is 2.97. The van der Waals surface area contributed by atoms with Gasteiger partial charge >= 0.3 is 0 Å². The Labute approximate surface area is 117 Å². The van der Waals surface area contributed by atoms with E-state index in [2.05, 4.69) is 20.5 Å². The molecule has 0 aromatic carbocycles. The minimum Gasteiger partial charge on any atom is -0.301 e. The summed E-state index contributed by atoms with van der Waals surface area (Å²) in [7, 11) is 0. The van der Waals surface area contributed by atoms with Crippen LogP contribution in [0, 0.1) is 6.92 Å². The summed E-state index contributed by atoms with van der Waals surface area (Å²) >= 11 is 4.37. The van der Waals surface area contributed by atoms with Crippen molar-refractivity contribution >= 4 is 45.5 Å². The third-order valence-electron chi connectivity index (χ3n) is 2.08. The van der Waals surface area contributed by atoms with Gasteiger partial charge in [0.15, 0.2) is 9.47 Å². The van der Waals surface area contributed by atoms with Crippen LogP contribution >= 0.6 is 34.4 Å². The number of hydrogen-bond donors (Lipinski definition) is 1. The molecular formula is C10H12N4OS3. The van der Waals surface area contributed by atoms with Gasteiger partial charge in [-0.05, 0) is 13.3 Å². The monoisotopic (exact) mass is 300 g/mol. The van der Waals surface area contributed by atoms with E-state index in [4.69, 9.17) is 0 Å². The molecule has 0 aliphatic carbocycles. The van der Waals surface area contributed by atoms with E-state index in [0.29, 0.717) is 5.13 Å². The van der Waals surface area contributed by atoms with Gasteiger partial charge in [-0.15, -0.1) is 21.5 Å². The number of anilines is 1. The number of aryl methyl sites for hydroxylation is 1. The molecule has 0 saturated heterocycles. The van der Waals surface area contributed by atoms with E-state index in [-0.39, 0.29) is 11.2 Å². The molecule has 2 heterocycles. The zero-order valence-electron chi connectivity index (χ0n) is 9.91. The molecule has 8 heteroatoms. The summed E-state index contributed by atoms with van der Waals surface area (Å²) in [6.07, 6.45) is 2.41. The zero-order chi connectivity index (χ0) is 13.0. The van der Waals surface area contributed by atoms with Gasteiger partial charge in [0.2, 0.25) is 5.91 Å². The van der Waals surface area contributed by atoms with Crippen molar-refractivity contribution in [3.8, 4) is 0 Å². The number of hydrogen-bond acceptors (Lipinski definition) is 7. The number of nitrogens with zero attached hydrogens (tertiary/aromatic N) is 3. The van der Waals surface area contributed by atoms with Gasteiger partial charge in [0, 0.05) is 11.6 Å². The smallest absolute Gasteiger partial charge is 0.239 e. The first kappa shape index (κ1) is 13.4. The second-order valence-electron chi connectivity index (χ2n) is 3.43. The van der Waals surface area contributed by atoms with Crippen molar-refractivity contribution < 1.29 is 4.79 Å². The third-order valence-corrected chi connectivity index (χ3v) is 5.05. The number of thioether (sulfide) groups is 1. The fourth-order valence-electron chi connectivity index (χ4n) is 1.24. The molecule has 2 aromatic rings. The fraction of sp³-hybridized carbons (Fsp3) is 0.400. The Morgan fingerprint density at radius 1 is 1.56 bits per heavy atom. The maximum atomic E-state index is 12.0. The van der Waals surface area contributed by atoms with Crippen LogP contribution in [0.25, 0.3) is 0 Å². The normalized spacial score (nSPS) is 12.3. The molecule has 2 aromatic heterocycles. The van der Waals surface area contributed by atoms with E-state index in [1.807, 2.05) is 19.2 Å². The molecule has 18 heavy (non-hydrogen) atoms. The highest BCUT2D eigenvalue weighted by Crippen LogP contribution is 2.28. The summed E-state index contributed by atoms with van der Waals surface area (Å²) in [6.45, 7) is 3.88.